The van der Waals surface area contributed by atoms with E-state index in [4.69, 9.17) is 5.26 Å². The second-order valence-corrected chi connectivity index (χ2v) is 2.74. The second kappa shape index (κ2) is 4.82. The zero-order valence-corrected chi connectivity index (χ0v) is 8.10. The fourth-order valence-electron chi connectivity index (χ4n) is 0.979. The van der Waals surface area contributed by atoms with Gasteiger partial charge >= 0.3 is 5.97 Å². The van der Waals surface area contributed by atoms with E-state index in [0.717, 1.165) is 0 Å². The molecule has 76 valence electrons. The van der Waals surface area contributed by atoms with Crippen molar-refractivity contribution in [2.45, 2.75) is 0 Å². The highest BCUT2D eigenvalue weighted by atomic mass is 16.5. The van der Waals surface area contributed by atoms with Gasteiger partial charge in [0, 0.05) is 6.08 Å². The molecule has 0 amide bonds. The van der Waals surface area contributed by atoms with Gasteiger partial charge in [0.25, 0.3) is 0 Å². The number of hydrogen-bond acceptors (Lipinski definition) is 4. The van der Waals surface area contributed by atoms with E-state index < -0.39 is 5.97 Å². The molecule has 0 saturated heterocycles. The normalized spacial score (nSPS) is 9.87. The molecule has 0 bridgehead atoms. The number of nitriles is 1. The maximum absolute atomic E-state index is 10.8. The third-order valence-corrected chi connectivity index (χ3v) is 1.75. The van der Waals surface area contributed by atoms with Gasteiger partial charge in [0.15, 0.2) is 0 Å². The Morgan fingerprint density at radius 2 is 2.33 bits per heavy atom. The van der Waals surface area contributed by atoms with Crippen LogP contribution >= 0.6 is 0 Å². The molecule has 0 saturated carbocycles. The van der Waals surface area contributed by atoms with Crippen molar-refractivity contribution in [3.8, 4) is 11.8 Å². The lowest BCUT2D eigenvalue weighted by Crippen LogP contribution is -1.93. The number of aromatic hydroxyl groups is 1. The number of phenolic OH excluding ortho intramolecular Hbond substituents is 1. The van der Waals surface area contributed by atoms with E-state index in [9.17, 15) is 9.90 Å². The number of benzene rings is 1. The molecule has 0 aliphatic rings. The molecule has 1 N–H and O–H groups in total. The molecule has 0 radical (unpaired) electrons. The number of phenols is 1. The van der Waals surface area contributed by atoms with Gasteiger partial charge in [-0.15, -0.1) is 0 Å². The number of carbonyl (C=O) groups excluding carboxylic acids is 1. The zero-order chi connectivity index (χ0) is 11.3. The predicted octanol–water partition coefficient (Wildman–Crippen LogP) is 1.45. The number of methoxy groups -OCH3 is 1. The molecule has 0 unspecified atom stereocenters. The SMILES string of the molecule is COC(=O)C=Cc1ccc(O)c(C#N)c1. The molecule has 0 heterocycles. The minimum atomic E-state index is -0.471. The van der Waals surface area contributed by atoms with Crippen LogP contribution in [0.15, 0.2) is 24.3 Å². The van der Waals surface area contributed by atoms with Crippen molar-refractivity contribution in [2.75, 3.05) is 7.11 Å². The van der Waals surface area contributed by atoms with Gasteiger partial charge in [-0.1, -0.05) is 6.07 Å². The Labute approximate surface area is 87.0 Å². The molecule has 15 heavy (non-hydrogen) atoms. The summed E-state index contributed by atoms with van der Waals surface area (Å²) in [5.74, 6) is -0.547. The van der Waals surface area contributed by atoms with E-state index in [1.54, 1.807) is 6.07 Å². The lowest BCUT2D eigenvalue weighted by Gasteiger charge is -1.97. The van der Waals surface area contributed by atoms with Gasteiger partial charge in [-0.25, -0.2) is 4.79 Å². The van der Waals surface area contributed by atoms with E-state index in [1.807, 2.05) is 6.07 Å². The monoisotopic (exact) mass is 203 g/mol. The van der Waals surface area contributed by atoms with E-state index in [2.05, 4.69) is 4.74 Å². The first-order chi connectivity index (χ1) is 7.17. The third kappa shape index (κ3) is 2.85. The first-order valence-corrected chi connectivity index (χ1v) is 4.16. The lowest BCUT2D eigenvalue weighted by atomic mass is 10.1. The highest BCUT2D eigenvalue weighted by Gasteiger charge is 2.00. The van der Waals surface area contributed by atoms with Gasteiger partial charge in [0.2, 0.25) is 0 Å². The molecule has 0 aliphatic carbocycles. The van der Waals surface area contributed by atoms with E-state index in [1.165, 1.54) is 31.4 Å². The Morgan fingerprint density at radius 3 is 2.93 bits per heavy atom. The van der Waals surface area contributed by atoms with Crippen molar-refractivity contribution >= 4 is 12.0 Å². The molecule has 0 aliphatic heterocycles. The Bertz CT molecular complexity index is 444. The first kappa shape index (κ1) is 10.8. The molecular formula is C11H9NO3. The fourth-order valence-corrected chi connectivity index (χ4v) is 0.979. The van der Waals surface area contributed by atoms with Crippen LogP contribution in [0, 0.1) is 11.3 Å². The van der Waals surface area contributed by atoms with Crippen molar-refractivity contribution in [1.82, 2.24) is 0 Å². The number of hydrogen-bond donors (Lipinski definition) is 1. The largest absolute Gasteiger partial charge is 0.507 e. The number of nitrogens with zero attached hydrogens (tertiary/aromatic N) is 1. The number of esters is 1. The summed E-state index contributed by atoms with van der Waals surface area (Å²) in [6.45, 7) is 0. The van der Waals surface area contributed by atoms with Crippen molar-refractivity contribution in [3.05, 3.63) is 35.4 Å². The smallest absolute Gasteiger partial charge is 0.330 e. The average molecular weight is 203 g/mol. The molecule has 4 heteroatoms. The van der Waals surface area contributed by atoms with E-state index in [0.29, 0.717) is 5.56 Å². The van der Waals surface area contributed by atoms with Crippen LogP contribution in [0.4, 0.5) is 0 Å². The lowest BCUT2D eigenvalue weighted by molar-refractivity contribution is -0.134. The molecule has 1 aromatic rings. The van der Waals surface area contributed by atoms with E-state index in [-0.39, 0.29) is 11.3 Å². The Hall–Kier alpha value is -2.28. The Morgan fingerprint density at radius 1 is 1.60 bits per heavy atom. The maximum atomic E-state index is 10.8. The summed E-state index contributed by atoms with van der Waals surface area (Å²) in [7, 11) is 1.28. The van der Waals surface area contributed by atoms with Crippen LogP contribution in [-0.2, 0) is 9.53 Å². The first-order valence-electron chi connectivity index (χ1n) is 4.16. The molecule has 1 aromatic carbocycles. The summed E-state index contributed by atoms with van der Waals surface area (Å²) in [6.07, 6.45) is 2.75. The summed E-state index contributed by atoms with van der Waals surface area (Å²) in [6, 6.07) is 6.31. The van der Waals surface area contributed by atoms with Crippen molar-refractivity contribution in [2.24, 2.45) is 0 Å². The Kier molecular flexibility index (Phi) is 3.47. The molecule has 1 rings (SSSR count). The van der Waals surface area contributed by atoms with Crippen LogP contribution in [0.1, 0.15) is 11.1 Å². The maximum Gasteiger partial charge on any atom is 0.330 e. The highest BCUT2D eigenvalue weighted by Crippen LogP contribution is 2.17. The van der Waals surface area contributed by atoms with Crippen molar-refractivity contribution < 1.29 is 14.6 Å². The predicted molar refractivity (Wildman–Crippen MR) is 53.9 cm³/mol. The van der Waals surface area contributed by atoms with Crippen LogP contribution in [0.2, 0.25) is 0 Å². The van der Waals surface area contributed by atoms with Crippen LogP contribution in [0.3, 0.4) is 0 Å². The van der Waals surface area contributed by atoms with Gasteiger partial charge in [-0.05, 0) is 23.8 Å². The summed E-state index contributed by atoms with van der Waals surface area (Å²) >= 11 is 0. The molecule has 0 atom stereocenters. The number of ether oxygens (including phenoxy) is 1. The summed E-state index contributed by atoms with van der Waals surface area (Å²) < 4.78 is 4.41. The highest BCUT2D eigenvalue weighted by molar-refractivity contribution is 5.87. The van der Waals surface area contributed by atoms with Gasteiger partial charge < -0.3 is 9.84 Å². The number of carbonyl (C=O) groups is 1. The molecule has 4 nitrogen and oxygen atoms in total. The van der Waals surface area contributed by atoms with Gasteiger partial charge in [-0.3, -0.25) is 0 Å². The minimum Gasteiger partial charge on any atom is -0.507 e. The summed E-state index contributed by atoms with van der Waals surface area (Å²) in [5, 5.41) is 17.9. The quantitative estimate of drug-likeness (QED) is 0.583. The zero-order valence-electron chi connectivity index (χ0n) is 8.10. The van der Waals surface area contributed by atoms with Crippen LogP contribution in [-0.4, -0.2) is 18.2 Å². The van der Waals surface area contributed by atoms with Gasteiger partial charge in [0.05, 0.1) is 12.7 Å². The molecule has 0 fully saturated rings. The van der Waals surface area contributed by atoms with Gasteiger partial charge in [-0.2, -0.15) is 5.26 Å². The van der Waals surface area contributed by atoms with Gasteiger partial charge in [0.1, 0.15) is 11.8 Å². The number of rotatable bonds is 2. The van der Waals surface area contributed by atoms with Crippen molar-refractivity contribution in [1.29, 1.82) is 5.26 Å². The topological polar surface area (TPSA) is 70.3 Å². The van der Waals surface area contributed by atoms with Crippen LogP contribution in [0.5, 0.6) is 5.75 Å². The summed E-state index contributed by atoms with van der Waals surface area (Å²) in [4.78, 5) is 10.8. The molecule has 0 aromatic heterocycles. The van der Waals surface area contributed by atoms with Crippen LogP contribution in [0.25, 0.3) is 6.08 Å². The second-order valence-electron chi connectivity index (χ2n) is 2.74. The van der Waals surface area contributed by atoms with Crippen LogP contribution < -0.4 is 0 Å². The minimum absolute atomic E-state index is 0.0762. The summed E-state index contributed by atoms with van der Waals surface area (Å²) in [5.41, 5.74) is 0.816. The van der Waals surface area contributed by atoms with E-state index >= 15 is 0 Å². The van der Waals surface area contributed by atoms with Crippen molar-refractivity contribution in [3.63, 3.8) is 0 Å². The fraction of sp³-hybridized carbons (Fsp3) is 0.0909. The molecule has 0 spiro atoms. The average Bonchev–Trinajstić information content (AvgIpc) is 2.27. The third-order valence-electron chi connectivity index (χ3n) is 1.75. The standard InChI is InChI=1S/C11H9NO3/c1-15-11(14)5-3-8-2-4-10(13)9(6-8)7-12/h2-6,13H,1H3. The molecular weight excluding hydrogens is 194 g/mol. The Balaban J connectivity index is 2.94.